The van der Waals surface area contributed by atoms with Gasteiger partial charge in [0.05, 0.1) is 18.2 Å². The summed E-state index contributed by atoms with van der Waals surface area (Å²) in [6, 6.07) is 5.64. The van der Waals surface area contributed by atoms with Crippen LogP contribution < -0.4 is 20.3 Å². The summed E-state index contributed by atoms with van der Waals surface area (Å²) in [5.41, 5.74) is 1.91. The van der Waals surface area contributed by atoms with Crippen molar-refractivity contribution in [1.29, 1.82) is 0 Å². The van der Waals surface area contributed by atoms with Gasteiger partial charge in [-0.3, -0.25) is 18.8 Å². The third-order valence-electron chi connectivity index (χ3n) is 4.89. The van der Waals surface area contributed by atoms with Crippen molar-refractivity contribution in [3.8, 4) is 22.8 Å². The summed E-state index contributed by atoms with van der Waals surface area (Å²) in [6.45, 7) is 1.27. The zero-order valence-corrected chi connectivity index (χ0v) is 17.4. The second-order valence-corrected chi connectivity index (χ2v) is 7.80. The SMILES string of the molecule is Cn1ncc2c(=O)n(CCC(=O)Nc3nc(-c4ccc5c(c4)OCCO5)cs3)cnc21. The van der Waals surface area contributed by atoms with Gasteiger partial charge in [0.1, 0.15) is 18.6 Å². The highest BCUT2D eigenvalue weighted by molar-refractivity contribution is 7.14. The number of nitrogens with zero attached hydrogens (tertiary/aromatic N) is 5. The molecule has 0 spiro atoms. The highest BCUT2D eigenvalue weighted by Gasteiger charge is 2.15. The summed E-state index contributed by atoms with van der Waals surface area (Å²) in [5, 5.41) is 9.61. The number of rotatable bonds is 5. The van der Waals surface area contributed by atoms with Crippen LogP contribution in [0.2, 0.25) is 0 Å². The normalized spacial score (nSPS) is 12.8. The van der Waals surface area contributed by atoms with E-state index in [0.29, 0.717) is 40.9 Å². The van der Waals surface area contributed by atoms with E-state index in [-0.39, 0.29) is 24.4 Å². The maximum absolute atomic E-state index is 12.5. The summed E-state index contributed by atoms with van der Waals surface area (Å²) < 4.78 is 14.1. The molecule has 5 rings (SSSR count). The van der Waals surface area contributed by atoms with Crippen molar-refractivity contribution in [2.24, 2.45) is 7.05 Å². The Balaban J connectivity index is 1.24. The van der Waals surface area contributed by atoms with Gasteiger partial charge in [-0.05, 0) is 18.2 Å². The molecule has 4 heterocycles. The van der Waals surface area contributed by atoms with Gasteiger partial charge in [0.2, 0.25) is 5.91 Å². The molecule has 158 valence electrons. The molecule has 0 bridgehead atoms. The van der Waals surface area contributed by atoms with E-state index in [2.05, 4.69) is 20.4 Å². The van der Waals surface area contributed by atoms with Gasteiger partial charge < -0.3 is 14.8 Å². The Morgan fingerprint density at radius 1 is 1.26 bits per heavy atom. The van der Waals surface area contributed by atoms with E-state index in [4.69, 9.17) is 9.47 Å². The Morgan fingerprint density at radius 2 is 2.10 bits per heavy atom. The summed E-state index contributed by atoms with van der Waals surface area (Å²) in [6.07, 6.45) is 3.03. The fourth-order valence-corrected chi connectivity index (χ4v) is 4.03. The van der Waals surface area contributed by atoms with Crippen molar-refractivity contribution in [3.63, 3.8) is 0 Å². The molecule has 3 aromatic heterocycles. The average molecular weight is 438 g/mol. The van der Waals surface area contributed by atoms with E-state index in [9.17, 15) is 9.59 Å². The first kappa shape index (κ1) is 19.2. The molecule has 10 nitrogen and oxygen atoms in total. The van der Waals surface area contributed by atoms with E-state index < -0.39 is 0 Å². The molecule has 1 amide bonds. The van der Waals surface area contributed by atoms with E-state index in [1.807, 2.05) is 23.6 Å². The maximum Gasteiger partial charge on any atom is 0.264 e. The van der Waals surface area contributed by atoms with Crippen LogP contribution in [0.3, 0.4) is 0 Å². The van der Waals surface area contributed by atoms with Gasteiger partial charge in [0.25, 0.3) is 5.56 Å². The lowest BCUT2D eigenvalue weighted by atomic mass is 10.1. The number of benzene rings is 1. The number of thiazole rings is 1. The first-order valence-electron chi connectivity index (χ1n) is 9.61. The molecule has 0 fully saturated rings. The number of aryl methyl sites for hydroxylation is 2. The molecular formula is C20H18N6O4S. The number of anilines is 1. The average Bonchev–Trinajstić information content (AvgIpc) is 3.40. The van der Waals surface area contributed by atoms with Crippen molar-refractivity contribution in [1.82, 2.24) is 24.3 Å². The minimum atomic E-state index is -0.235. The van der Waals surface area contributed by atoms with Crippen LogP contribution in [0.4, 0.5) is 5.13 Å². The van der Waals surface area contributed by atoms with Gasteiger partial charge in [-0.1, -0.05) is 0 Å². The molecule has 11 heteroatoms. The Kier molecular flexibility index (Phi) is 4.86. The number of hydrogen-bond acceptors (Lipinski definition) is 8. The van der Waals surface area contributed by atoms with Crippen molar-refractivity contribution in [2.45, 2.75) is 13.0 Å². The summed E-state index contributed by atoms with van der Waals surface area (Å²) in [5.74, 6) is 1.17. The molecule has 0 saturated heterocycles. The van der Waals surface area contributed by atoms with Crippen LogP contribution in [0.5, 0.6) is 11.5 Å². The van der Waals surface area contributed by atoms with Crippen LogP contribution in [0.1, 0.15) is 6.42 Å². The minimum Gasteiger partial charge on any atom is -0.486 e. The van der Waals surface area contributed by atoms with E-state index >= 15 is 0 Å². The van der Waals surface area contributed by atoms with Gasteiger partial charge in [0, 0.05) is 31.0 Å². The first-order chi connectivity index (χ1) is 15.1. The molecule has 1 N–H and O–H groups in total. The number of ether oxygens (including phenoxy) is 2. The quantitative estimate of drug-likeness (QED) is 0.507. The third-order valence-corrected chi connectivity index (χ3v) is 5.64. The highest BCUT2D eigenvalue weighted by Crippen LogP contribution is 2.35. The van der Waals surface area contributed by atoms with E-state index in [0.717, 1.165) is 11.3 Å². The second kappa shape index (κ2) is 7.84. The number of carbonyl (C=O) groups is 1. The Morgan fingerprint density at radius 3 is 2.97 bits per heavy atom. The van der Waals surface area contributed by atoms with E-state index in [1.165, 1.54) is 33.1 Å². The Bertz CT molecular complexity index is 1340. The largest absolute Gasteiger partial charge is 0.486 e. The smallest absolute Gasteiger partial charge is 0.264 e. The lowest BCUT2D eigenvalue weighted by Crippen LogP contribution is -2.23. The highest BCUT2D eigenvalue weighted by atomic mass is 32.1. The second-order valence-electron chi connectivity index (χ2n) is 6.94. The zero-order valence-electron chi connectivity index (χ0n) is 16.6. The van der Waals surface area contributed by atoms with Crippen molar-refractivity contribution < 1.29 is 14.3 Å². The molecule has 1 aliphatic heterocycles. The van der Waals surface area contributed by atoms with Crippen LogP contribution in [0, 0.1) is 0 Å². The molecule has 0 aliphatic carbocycles. The van der Waals surface area contributed by atoms with Gasteiger partial charge in [-0.15, -0.1) is 11.3 Å². The third kappa shape index (κ3) is 3.75. The first-order valence-corrected chi connectivity index (χ1v) is 10.5. The minimum absolute atomic E-state index is 0.117. The van der Waals surface area contributed by atoms with Crippen LogP contribution in [0.25, 0.3) is 22.3 Å². The standard InChI is InChI=1S/C20H18N6O4S/c1-25-18-13(9-22-25)19(28)26(11-21-18)5-4-17(27)24-20-23-14(10-31-20)12-2-3-15-16(8-12)30-7-6-29-15/h2-3,8-11H,4-7H2,1H3,(H,23,24,27). The molecule has 0 unspecified atom stereocenters. The van der Waals surface area contributed by atoms with Gasteiger partial charge in [0.15, 0.2) is 22.3 Å². The molecule has 0 radical (unpaired) electrons. The number of amides is 1. The fourth-order valence-electron chi connectivity index (χ4n) is 3.30. The van der Waals surface area contributed by atoms with Crippen molar-refractivity contribution >= 4 is 33.4 Å². The number of hydrogen-bond donors (Lipinski definition) is 1. The monoisotopic (exact) mass is 438 g/mol. The van der Waals surface area contributed by atoms with Crippen LogP contribution in [-0.4, -0.2) is 43.4 Å². The lowest BCUT2D eigenvalue weighted by Gasteiger charge is -2.18. The lowest BCUT2D eigenvalue weighted by molar-refractivity contribution is -0.116. The van der Waals surface area contributed by atoms with Crippen LogP contribution in [0.15, 0.2) is 40.9 Å². The van der Waals surface area contributed by atoms with Crippen LogP contribution in [-0.2, 0) is 18.4 Å². The van der Waals surface area contributed by atoms with Gasteiger partial charge >= 0.3 is 0 Å². The maximum atomic E-state index is 12.5. The topological polar surface area (TPSA) is 113 Å². The van der Waals surface area contributed by atoms with E-state index in [1.54, 1.807) is 7.05 Å². The number of nitrogens with one attached hydrogen (secondary N) is 1. The van der Waals surface area contributed by atoms with Crippen molar-refractivity contribution in [2.75, 3.05) is 18.5 Å². The van der Waals surface area contributed by atoms with Crippen molar-refractivity contribution in [3.05, 3.63) is 46.5 Å². The zero-order chi connectivity index (χ0) is 21.4. The molecular weight excluding hydrogens is 420 g/mol. The summed E-state index contributed by atoms with van der Waals surface area (Å²) >= 11 is 1.33. The number of carbonyl (C=O) groups excluding carboxylic acids is 1. The molecule has 1 aromatic carbocycles. The molecule has 31 heavy (non-hydrogen) atoms. The molecule has 0 saturated carbocycles. The van der Waals surface area contributed by atoms with Crippen LogP contribution >= 0.6 is 11.3 Å². The molecule has 4 aromatic rings. The van der Waals surface area contributed by atoms with Gasteiger partial charge in [-0.2, -0.15) is 5.10 Å². The molecule has 1 aliphatic rings. The summed E-state index contributed by atoms with van der Waals surface area (Å²) in [7, 11) is 1.72. The summed E-state index contributed by atoms with van der Waals surface area (Å²) in [4.78, 5) is 33.6. The molecule has 0 atom stereocenters. The number of fused-ring (bicyclic) bond motifs is 2. The predicted octanol–water partition coefficient (Wildman–Crippen LogP) is 2.05. The van der Waals surface area contributed by atoms with Gasteiger partial charge in [-0.25, -0.2) is 9.97 Å². The number of aromatic nitrogens is 5. The Labute approximate surface area is 180 Å². The fraction of sp³-hybridized carbons (Fsp3) is 0.250. The predicted molar refractivity (Wildman–Crippen MR) is 115 cm³/mol. The Hall–Kier alpha value is -3.73.